The number of carbonyl (C=O) groups is 2. The second-order valence-corrected chi connectivity index (χ2v) is 8.10. The lowest BCUT2D eigenvalue weighted by atomic mass is 9.88. The van der Waals surface area contributed by atoms with E-state index in [1.807, 2.05) is 19.1 Å². The molecule has 0 saturated heterocycles. The summed E-state index contributed by atoms with van der Waals surface area (Å²) in [6, 6.07) is 7.22. The van der Waals surface area contributed by atoms with Crippen LogP contribution in [0.1, 0.15) is 48.0 Å². The number of esters is 1. The molecule has 1 aromatic heterocycles. The number of benzene rings is 1. The van der Waals surface area contributed by atoms with E-state index in [0.717, 1.165) is 29.7 Å². The number of hydrogen-bond acceptors (Lipinski definition) is 6. The van der Waals surface area contributed by atoms with Crippen molar-refractivity contribution < 1.29 is 23.8 Å². The predicted molar refractivity (Wildman–Crippen MR) is 113 cm³/mol. The van der Waals surface area contributed by atoms with Crippen molar-refractivity contribution in [3.05, 3.63) is 40.3 Å². The molecule has 0 saturated carbocycles. The third-order valence-corrected chi connectivity index (χ3v) is 5.92. The van der Waals surface area contributed by atoms with Gasteiger partial charge in [0.15, 0.2) is 18.1 Å². The highest BCUT2D eigenvalue weighted by Crippen LogP contribution is 2.40. The molecule has 7 heteroatoms. The van der Waals surface area contributed by atoms with Crippen LogP contribution in [0, 0.1) is 5.92 Å². The largest absolute Gasteiger partial charge is 0.490 e. The molecule has 2 aromatic rings. The highest BCUT2D eigenvalue weighted by Gasteiger charge is 2.29. The molecule has 0 spiro atoms. The average molecular weight is 418 g/mol. The molecule has 1 atom stereocenters. The van der Waals surface area contributed by atoms with Crippen LogP contribution in [0.4, 0.5) is 5.00 Å². The summed E-state index contributed by atoms with van der Waals surface area (Å²) >= 11 is 1.47. The van der Waals surface area contributed by atoms with Crippen LogP contribution >= 0.6 is 11.3 Å². The molecule has 0 unspecified atom stereocenters. The Hall–Kier alpha value is -2.54. The molecular weight excluding hydrogens is 390 g/mol. The summed E-state index contributed by atoms with van der Waals surface area (Å²) in [4.78, 5) is 26.2. The molecule has 0 bridgehead atoms. The molecule has 0 radical (unpaired) electrons. The summed E-state index contributed by atoms with van der Waals surface area (Å²) in [5.41, 5.74) is 1.52. The minimum absolute atomic E-state index is 0.175. The summed E-state index contributed by atoms with van der Waals surface area (Å²) < 4.78 is 16.4. The summed E-state index contributed by atoms with van der Waals surface area (Å²) in [5.74, 6) is 0.967. The molecule has 156 valence electrons. The van der Waals surface area contributed by atoms with Crippen molar-refractivity contribution in [3.63, 3.8) is 0 Å². The standard InChI is InChI=1S/C22H27NO5S/c1-4-26-16-8-6-7-9-17(16)28-13-19(24)23-21-20(22(25)27-5-2)15-11-10-14(3)12-18(15)29-21/h6-9,14H,4-5,10-13H2,1-3H3,(H,23,24)/t14-/m1/s1. The van der Waals surface area contributed by atoms with Crippen molar-refractivity contribution in [1.82, 2.24) is 0 Å². The van der Waals surface area contributed by atoms with Gasteiger partial charge in [0.2, 0.25) is 0 Å². The van der Waals surface area contributed by atoms with E-state index in [1.54, 1.807) is 19.1 Å². The molecule has 1 heterocycles. The van der Waals surface area contributed by atoms with E-state index in [1.165, 1.54) is 11.3 Å². The Morgan fingerprint density at radius 2 is 1.86 bits per heavy atom. The van der Waals surface area contributed by atoms with Crippen molar-refractivity contribution in [1.29, 1.82) is 0 Å². The normalized spacial score (nSPS) is 15.3. The van der Waals surface area contributed by atoms with Crippen LogP contribution in [0.2, 0.25) is 0 Å². The lowest BCUT2D eigenvalue weighted by molar-refractivity contribution is -0.118. The van der Waals surface area contributed by atoms with E-state index in [-0.39, 0.29) is 18.5 Å². The quantitative estimate of drug-likeness (QED) is 0.642. The molecule has 1 N–H and O–H groups in total. The van der Waals surface area contributed by atoms with Gasteiger partial charge < -0.3 is 19.5 Å². The second kappa shape index (κ2) is 9.78. The van der Waals surface area contributed by atoms with Gasteiger partial charge in [-0.05, 0) is 56.7 Å². The number of amides is 1. The van der Waals surface area contributed by atoms with E-state index in [9.17, 15) is 9.59 Å². The van der Waals surface area contributed by atoms with Gasteiger partial charge in [0, 0.05) is 4.88 Å². The second-order valence-electron chi connectivity index (χ2n) is 6.99. The fourth-order valence-electron chi connectivity index (χ4n) is 3.41. The van der Waals surface area contributed by atoms with Gasteiger partial charge in [-0.2, -0.15) is 0 Å². The number of hydrogen-bond donors (Lipinski definition) is 1. The van der Waals surface area contributed by atoms with E-state index < -0.39 is 0 Å². The molecule has 29 heavy (non-hydrogen) atoms. The van der Waals surface area contributed by atoms with Gasteiger partial charge in [0.1, 0.15) is 5.00 Å². The smallest absolute Gasteiger partial charge is 0.341 e. The van der Waals surface area contributed by atoms with Gasteiger partial charge in [-0.3, -0.25) is 4.79 Å². The SMILES string of the molecule is CCOC(=O)c1c(NC(=O)COc2ccccc2OCC)sc2c1CC[C@@H](C)C2. The summed E-state index contributed by atoms with van der Waals surface area (Å²) in [5, 5.41) is 3.41. The maximum absolute atomic E-state index is 12.5. The van der Waals surface area contributed by atoms with E-state index >= 15 is 0 Å². The zero-order valence-corrected chi connectivity index (χ0v) is 17.9. The van der Waals surface area contributed by atoms with Gasteiger partial charge in [-0.15, -0.1) is 11.3 Å². The van der Waals surface area contributed by atoms with Crippen LogP contribution in [0.15, 0.2) is 24.3 Å². The molecule has 3 rings (SSSR count). The fourth-order valence-corrected chi connectivity index (χ4v) is 4.82. The molecule has 1 aliphatic carbocycles. The van der Waals surface area contributed by atoms with Gasteiger partial charge in [0.25, 0.3) is 5.91 Å². The van der Waals surface area contributed by atoms with Crippen molar-refractivity contribution in [2.24, 2.45) is 5.92 Å². The number of anilines is 1. The maximum atomic E-state index is 12.5. The number of carbonyl (C=O) groups excluding carboxylic acids is 2. The Bertz CT molecular complexity index is 876. The van der Waals surface area contributed by atoms with Crippen molar-refractivity contribution in [3.8, 4) is 11.5 Å². The Labute approximate surface area is 175 Å². The summed E-state index contributed by atoms with van der Waals surface area (Å²) in [7, 11) is 0. The number of fused-ring (bicyclic) bond motifs is 1. The zero-order valence-electron chi connectivity index (χ0n) is 17.1. The van der Waals surface area contributed by atoms with Crippen molar-refractivity contribution in [2.45, 2.75) is 40.0 Å². The average Bonchev–Trinajstić information content (AvgIpc) is 3.04. The number of nitrogens with one attached hydrogen (secondary N) is 1. The number of rotatable bonds is 8. The first-order valence-corrected chi connectivity index (χ1v) is 10.8. The Morgan fingerprint density at radius 1 is 1.14 bits per heavy atom. The highest BCUT2D eigenvalue weighted by atomic mass is 32.1. The lowest BCUT2D eigenvalue weighted by Gasteiger charge is -2.18. The third-order valence-electron chi connectivity index (χ3n) is 4.75. The third kappa shape index (κ3) is 5.09. The Kier molecular flexibility index (Phi) is 7.14. The molecule has 0 fully saturated rings. The molecule has 0 aliphatic heterocycles. The van der Waals surface area contributed by atoms with Crippen LogP contribution in [0.25, 0.3) is 0 Å². The lowest BCUT2D eigenvalue weighted by Crippen LogP contribution is -2.21. The molecule has 1 amide bonds. The van der Waals surface area contributed by atoms with Crippen LogP contribution in [-0.4, -0.2) is 31.7 Å². The fraction of sp³-hybridized carbons (Fsp3) is 0.455. The minimum Gasteiger partial charge on any atom is -0.490 e. The Morgan fingerprint density at radius 3 is 2.55 bits per heavy atom. The van der Waals surface area contributed by atoms with Gasteiger partial charge in [0.05, 0.1) is 18.8 Å². The first kappa shape index (κ1) is 21.2. The van der Waals surface area contributed by atoms with Crippen molar-refractivity contribution in [2.75, 3.05) is 25.1 Å². The van der Waals surface area contributed by atoms with Gasteiger partial charge >= 0.3 is 5.97 Å². The van der Waals surface area contributed by atoms with Crippen LogP contribution in [0.3, 0.4) is 0 Å². The highest BCUT2D eigenvalue weighted by molar-refractivity contribution is 7.17. The molecule has 1 aromatic carbocycles. The van der Waals surface area contributed by atoms with Gasteiger partial charge in [-0.25, -0.2) is 4.79 Å². The monoisotopic (exact) mass is 417 g/mol. The number of thiophene rings is 1. The summed E-state index contributed by atoms with van der Waals surface area (Å²) in [6.45, 7) is 6.50. The topological polar surface area (TPSA) is 73.9 Å². The molecule has 6 nitrogen and oxygen atoms in total. The van der Waals surface area contributed by atoms with Crippen LogP contribution in [0.5, 0.6) is 11.5 Å². The van der Waals surface area contributed by atoms with Gasteiger partial charge in [-0.1, -0.05) is 19.1 Å². The van der Waals surface area contributed by atoms with E-state index in [2.05, 4.69) is 12.2 Å². The molecule has 1 aliphatic rings. The summed E-state index contributed by atoms with van der Waals surface area (Å²) in [6.07, 6.45) is 2.77. The van der Waals surface area contributed by atoms with Crippen LogP contribution in [-0.2, 0) is 22.4 Å². The van der Waals surface area contributed by atoms with E-state index in [4.69, 9.17) is 14.2 Å². The number of para-hydroxylation sites is 2. The predicted octanol–water partition coefficient (Wildman–Crippen LogP) is 4.47. The first-order chi connectivity index (χ1) is 14.0. The van der Waals surface area contributed by atoms with Crippen molar-refractivity contribution >= 4 is 28.2 Å². The number of ether oxygens (including phenoxy) is 3. The minimum atomic E-state index is -0.377. The van der Waals surface area contributed by atoms with Crippen LogP contribution < -0.4 is 14.8 Å². The zero-order chi connectivity index (χ0) is 20.8. The molecular formula is C22H27NO5S. The van der Waals surface area contributed by atoms with E-state index in [0.29, 0.717) is 41.2 Å². The first-order valence-electron chi connectivity index (χ1n) is 9.99. The Balaban J connectivity index is 1.74. The maximum Gasteiger partial charge on any atom is 0.341 e.